The van der Waals surface area contributed by atoms with Crippen LogP contribution in [0.1, 0.15) is 24.6 Å². The summed E-state index contributed by atoms with van der Waals surface area (Å²) in [4.78, 5) is 0. The molecule has 1 aliphatic heterocycles. The summed E-state index contributed by atoms with van der Waals surface area (Å²) in [5.41, 5.74) is 5.20. The van der Waals surface area contributed by atoms with Crippen molar-refractivity contribution in [2.75, 3.05) is 6.54 Å². The molecule has 0 radical (unpaired) electrons. The quantitative estimate of drug-likeness (QED) is 0.710. The first-order valence-corrected chi connectivity index (χ1v) is 8.20. The van der Waals surface area contributed by atoms with E-state index in [0.29, 0.717) is 6.04 Å². The van der Waals surface area contributed by atoms with Crippen LogP contribution in [0.4, 0.5) is 0 Å². The van der Waals surface area contributed by atoms with Crippen LogP contribution in [0.2, 0.25) is 5.02 Å². The average molecular weight is 311 g/mol. The molecule has 1 aromatic heterocycles. The molecule has 0 amide bonds. The van der Waals surface area contributed by atoms with Crippen LogP contribution in [0, 0.1) is 0 Å². The lowest BCUT2D eigenvalue weighted by Gasteiger charge is -2.15. The standard InChI is InChI=1S/C19H19ClN2/c1-22-17-10-9-14(20)12-15(17)18(13-6-3-2-4-7-13)19(22)16-8-5-11-21-16/h2-4,6-7,9-10,12,16,21H,5,8,11H2,1H3. The maximum absolute atomic E-state index is 6.27. The molecule has 1 fully saturated rings. The van der Waals surface area contributed by atoms with Crippen LogP contribution in [-0.2, 0) is 7.05 Å². The Morgan fingerprint density at radius 1 is 1.14 bits per heavy atom. The molecule has 1 N–H and O–H groups in total. The largest absolute Gasteiger partial charge is 0.346 e. The maximum Gasteiger partial charge on any atom is 0.0487 e. The highest BCUT2D eigenvalue weighted by Crippen LogP contribution is 2.40. The van der Waals surface area contributed by atoms with Gasteiger partial charge in [0.25, 0.3) is 0 Å². The number of aromatic nitrogens is 1. The van der Waals surface area contributed by atoms with Gasteiger partial charge in [0.2, 0.25) is 0 Å². The van der Waals surface area contributed by atoms with Crippen LogP contribution in [0.5, 0.6) is 0 Å². The van der Waals surface area contributed by atoms with Crippen LogP contribution in [0.25, 0.3) is 22.0 Å². The predicted molar refractivity (Wildman–Crippen MR) is 93.3 cm³/mol. The Kier molecular flexibility index (Phi) is 3.44. The number of benzene rings is 2. The topological polar surface area (TPSA) is 17.0 Å². The molecule has 0 saturated carbocycles. The molecule has 3 aromatic rings. The van der Waals surface area contributed by atoms with E-state index in [1.54, 1.807) is 0 Å². The first-order valence-electron chi connectivity index (χ1n) is 7.82. The minimum Gasteiger partial charge on any atom is -0.346 e. The molecule has 3 heteroatoms. The Balaban J connectivity index is 2.06. The van der Waals surface area contributed by atoms with Gasteiger partial charge in [-0.25, -0.2) is 0 Å². The van der Waals surface area contributed by atoms with Crippen molar-refractivity contribution in [1.29, 1.82) is 0 Å². The van der Waals surface area contributed by atoms with E-state index < -0.39 is 0 Å². The molecule has 112 valence electrons. The highest BCUT2D eigenvalue weighted by Gasteiger charge is 2.25. The number of rotatable bonds is 2. The van der Waals surface area contributed by atoms with Gasteiger partial charge in [-0.3, -0.25) is 0 Å². The zero-order chi connectivity index (χ0) is 15.1. The van der Waals surface area contributed by atoms with E-state index in [0.717, 1.165) is 11.6 Å². The Hall–Kier alpha value is -1.77. The summed E-state index contributed by atoms with van der Waals surface area (Å²) in [5, 5.41) is 5.68. The van der Waals surface area contributed by atoms with E-state index in [2.05, 4.69) is 59.4 Å². The van der Waals surface area contributed by atoms with Gasteiger partial charge in [-0.1, -0.05) is 41.9 Å². The second-order valence-electron chi connectivity index (χ2n) is 6.00. The molecular formula is C19H19ClN2. The zero-order valence-corrected chi connectivity index (χ0v) is 13.4. The van der Waals surface area contributed by atoms with Crippen molar-refractivity contribution in [2.45, 2.75) is 18.9 Å². The van der Waals surface area contributed by atoms with Crippen molar-refractivity contribution < 1.29 is 0 Å². The van der Waals surface area contributed by atoms with Crippen molar-refractivity contribution in [1.82, 2.24) is 9.88 Å². The van der Waals surface area contributed by atoms with Gasteiger partial charge < -0.3 is 9.88 Å². The molecule has 1 saturated heterocycles. The molecule has 4 rings (SSSR count). The van der Waals surface area contributed by atoms with Gasteiger partial charge in [0.05, 0.1) is 0 Å². The normalized spacial score (nSPS) is 18.2. The smallest absolute Gasteiger partial charge is 0.0487 e. The summed E-state index contributed by atoms with van der Waals surface area (Å²) < 4.78 is 2.33. The van der Waals surface area contributed by atoms with E-state index in [-0.39, 0.29) is 0 Å². The summed E-state index contributed by atoms with van der Waals surface area (Å²) in [7, 11) is 2.16. The fourth-order valence-corrected chi connectivity index (χ4v) is 3.84. The van der Waals surface area contributed by atoms with Crippen LogP contribution in [-0.4, -0.2) is 11.1 Å². The molecule has 1 atom stereocenters. The van der Waals surface area contributed by atoms with E-state index in [4.69, 9.17) is 11.6 Å². The van der Waals surface area contributed by atoms with E-state index in [1.807, 2.05) is 6.07 Å². The highest BCUT2D eigenvalue weighted by atomic mass is 35.5. The van der Waals surface area contributed by atoms with E-state index in [9.17, 15) is 0 Å². The van der Waals surface area contributed by atoms with Gasteiger partial charge in [0, 0.05) is 40.3 Å². The van der Waals surface area contributed by atoms with Crippen LogP contribution < -0.4 is 5.32 Å². The molecule has 2 nitrogen and oxygen atoms in total. The van der Waals surface area contributed by atoms with Crippen molar-refractivity contribution in [3.05, 3.63) is 59.2 Å². The van der Waals surface area contributed by atoms with Gasteiger partial charge in [-0.05, 0) is 43.1 Å². The number of hydrogen-bond donors (Lipinski definition) is 1. The van der Waals surface area contributed by atoms with Gasteiger partial charge in [-0.15, -0.1) is 0 Å². The van der Waals surface area contributed by atoms with E-state index in [1.165, 1.54) is 40.6 Å². The van der Waals surface area contributed by atoms with Crippen LogP contribution >= 0.6 is 11.6 Å². The van der Waals surface area contributed by atoms with Crippen molar-refractivity contribution >= 4 is 22.5 Å². The summed E-state index contributed by atoms with van der Waals surface area (Å²) in [6, 6.07) is 17.3. The molecule has 1 unspecified atom stereocenters. The summed E-state index contributed by atoms with van der Waals surface area (Å²) in [5.74, 6) is 0. The van der Waals surface area contributed by atoms with Gasteiger partial charge in [0.15, 0.2) is 0 Å². The lowest BCUT2D eigenvalue weighted by molar-refractivity contribution is 0.606. The third-order valence-electron chi connectivity index (χ3n) is 4.66. The Bertz CT molecular complexity index is 814. The predicted octanol–water partition coefficient (Wildman–Crippen LogP) is 4.92. The molecule has 22 heavy (non-hydrogen) atoms. The molecule has 2 heterocycles. The molecule has 2 aromatic carbocycles. The highest BCUT2D eigenvalue weighted by molar-refractivity contribution is 6.31. The lowest BCUT2D eigenvalue weighted by Crippen LogP contribution is -2.16. The first-order chi connectivity index (χ1) is 10.8. The SMILES string of the molecule is Cn1c(C2CCCN2)c(-c2ccccc2)c2cc(Cl)ccc21. The monoisotopic (exact) mass is 310 g/mol. The Labute approximate surface area is 135 Å². The van der Waals surface area contributed by atoms with Gasteiger partial charge in [0.1, 0.15) is 0 Å². The molecular weight excluding hydrogens is 292 g/mol. The fourth-order valence-electron chi connectivity index (χ4n) is 3.67. The van der Waals surface area contributed by atoms with Gasteiger partial charge >= 0.3 is 0 Å². The number of nitrogens with one attached hydrogen (secondary N) is 1. The average Bonchev–Trinajstić information content (AvgIpc) is 3.14. The second-order valence-corrected chi connectivity index (χ2v) is 6.43. The van der Waals surface area contributed by atoms with Crippen LogP contribution in [0.15, 0.2) is 48.5 Å². The molecule has 1 aliphatic rings. The number of hydrogen-bond acceptors (Lipinski definition) is 1. The van der Waals surface area contributed by atoms with Crippen molar-refractivity contribution in [3.63, 3.8) is 0 Å². The molecule has 0 spiro atoms. The summed E-state index contributed by atoms with van der Waals surface area (Å²) >= 11 is 6.27. The van der Waals surface area contributed by atoms with Gasteiger partial charge in [-0.2, -0.15) is 0 Å². The third kappa shape index (κ3) is 2.15. The number of aryl methyl sites for hydroxylation is 1. The fraction of sp³-hybridized carbons (Fsp3) is 0.263. The minimum atomic E-state index is 0.423. The minimum absolute atomic E-state index is 0.423. The molecule has 0 bridgehead atoms. The van der Waals surface area contributed by atoms with Crippen molar-refractivity contribution in [3.8, 4) is 11.1 Å². The maximum atomic E-state index is 6.27. The number of halogens is 1. The third-order valence-corrected chi connectivity index (χ3v) is 4.89. The first kappa shape index (κ1) is 13.9. The molecule has 0 aliphatic carbocycles. The summed E-state index contributed by atoms with van der Waals surface area (Å²) in [6.45, 7) is 1.10. The van der Waals surface area contributed by atoms with Crippen LogP contribution in [0.3, 0.4) is 0 Å². The van der Waals surface area contributed by atoms with Crippen molar-refractivity contribution in [2.24, 2.45) is 7.05 Å². The number of nitrogens with zero attached hydrogens (tertiary/aromatic N) is 1. The Morgan fingerprint density at radius 3 is 2.68 bits per heavy atom. The second kappa shape index (κ2) is 5.45. The number of fused-ring (bicyclic) bond motifs is 1. The van der Waals surface area contributed by atoms with E-state index >= 15 is 0 Å². The lowest BCUT2D eigenvalue weighted by atomic mass is 9.98. The Morgan fingerprint density at radius 2 is 1.95 bits per heavy atom. The summed E-state index contributed by atoms with van der Waals surface area (Å²) in [6.07, 6.45) is 2.43. The zero-order valence-electron chi connectivity index (χ0n) is 12.6.